The van der Waals surface area contributed by atoms with Crippen molar-refractivity contribution in [3.63, 3.8) is 0 Å². The molecule has 0 atom stereocenters. The van der Waals surface area contributed by atoms with Gasteiger partial charge in [-0.2, -0.15) is 0 Å². The molecule has 0 saturated heterocycles. The third kappa shape index (κ3) is 7.71. The molecule has 0 radical (unpaired) electrons. The van der Waals surface area contributed by atoms with E-state index in [1.165, 1.54) is 0 Å². The van der Waals surface area contributed by atoms with Crippen LogP contribution in [0.5, 0.6) is 0 Å². The molecule has 0 aromatic heterocycles. The molecule has 0 heterocycles. The molecule has 0 fully saturated rings. The number of hydrogen-bond acceptors (Lipinski definition) is 3. The van der Waals surface area contributed by atoms with Crippen molar-refractivity contribution < 1.29 is 4.74 Å². The van der Waals surface area contributed by atoms with Crippen LogP contribution in [-0.2, 0) is 4.74 Å². The van der Waals surface area contributed by atoms with Crippen LogP contribution in [0.25, 0.3) is 0 Å². The molecule has 90 valence electrons. The Morgan fingerprint density at radius 2 is 2.00 bits per heavy atom. The van der Waals surface area contributed by atoms with E-state index in [0.717, 1.165) is 32.5 Å². The van der Waals surface area contributed by atoms with E-state index in [0.29, 0.717) is 4.99 Å². The van der Waals surface area contributed by atoms with Crippen molar-refractivity contribution in [1.29, 1.82) is 0 Å². The molecule has 0 aromatic carbocycles. The van der Waals surface area contributed by atoms with Crippen molar-refractivity contribution in [1.82, 2.24) is 4.90 Å². The maximum atomic E-state index is 5.48. The Morgan fingerprint density at radius 1 is 1.40 bits per heavy atom. The molecule has 0 aromatic rings. The first kappa shape index (κ1) is 14.8. The molecule has 15 heavy (non-hydrogen) atoms. The summed E-state index contributed by atoms with van der Waals surface area (Å²) in [4.78, 5) is 2.94. The van der Waals surface area contributed by atoms with Crippen molar-refractivity contribution in [2.75, 3.05) is 26.7 Å². The zero-order valence-electron chi connectivity index (χ0n) is 10.4. The van der Waals surface area contributed by atoms with E-state index in [2.05, 4.69) is 25.7 Å². The lowest BCUT2D eigenvalue weighted by Gasteiger charge is -2.27. The standard InChI is InChI=1S/C11H24N2OS/c1-5-13(8-6-10(12)15)9-7-11(2,3)14-4/h5-9H2,1-4H3,(H2,12,15). The second kappa shape index (κ2) is 7.14. The summed E-state index contributed by atoms with van der Waals surface area (Å²) in [6, 6.07) is 0. The number of hydrogen-bond donors (Lipinski definition) is 1. The largest absolute Gasteiger partial charge is 0.393 e. The summed E-state index contributed by atoms with van der Waals surface area (Å²) in [5, 5.41) is 0. The minimum Gasteiger partial charge on any atom is -0.393 e. The molecular formula is C11H24N2OS. The summed E-state index contributed by atoms with van der Waals surface area (Å²) < 4.78 is 5.38. The fourth-order valence-electron chi connectivity index (χ4n) is 1.23. The van der Waals surface area contributed by atoms with E-state index >= 15 is 0 Å². The van der Waals surface area contributed by atoms with E-state index in [-0.39, 0.29) is 5.60 Å². The maximum absolute atomic E-state index is 5.48. The van der Waals surface area contributed by atoms with Crippen LogP contribution in [0.2, 0.25) is 0 Å². The van der Waals surface area contributed by atoms with Crippen LogP contribution >= 0.6 is 12.2 Å². The maximum Gasteiger partial charge on any atom is 0.0740 e. The highest BCUT2D eigenvalue weighted by Crippen LogP contribution is 2.13. The molecule has 0 unspecified atom stereocenters. The van der Waals surface area contributed by atoms with Gasteiger partial charge in [0.15, 0.2) is 0 Å². The molecule has 0 aliphatic rings. The molecule has 3 nitrogen and oxygen atoms in total. The van der Waals surface area contributed by atoms with Crippen LogP contribution < -0.4 is 5.73 Å². The van der Waals surface area contributed by atoms with Crippen LogP contribution in [0.3, 0.4) is 0 Å². The first-order valence-corrected chi connectivity index (χ1v) is 5.88. The van der Waals surface area contributed by atoms with E-state index in [1.807, 2.05) is 0 Å². The van der Waals surface area contributed by atoms with Gasteiger partial charge in [0.05, 0.1) is 10.6 Å². The van der Waals surface area contributed by atoms with Crippen molar-refractivity contribution in [2.24, 2.45) is 5.73 Å². The molecule has 0 saturated carbocycles. The van der Waals surface area contributed by atoms with Gasteiger partial charge in [-0.25, -0.2) is 0 Å². The first-order valence-electron chi connectivity index (χ1n) is 5.47. The van der Waals surface area contributed by atoms with Gasteiger partial charge < -0.3 is 15.4 Å². The summed E-state index contributed by atoms with van der Waals surface area (Å²) in [7, 11) is 1.76. The first-order chi connectivity index (χ1) is 6.91. The van der Waals surface area contributed by atoms with Gasteiger partial charge in [0.2, 0.25) is 0 Å². The van der Waals surface area contributed by atoms with Crippen LogP contribution in [0.4, 0.5) is 0 Å². The van der Waals surface area contributed by atoms with Crippen molar-refractivity contribution in [2.45, 2.75) is 39.2 Å². The zero-order valence-corrected chi connectivity index (χ0v) is 11.2. The van der Waals surface area contributed by atoms with E-state index in [9.17, 15) is 0 Å². The molecule has 0 bridgehead atoms. The molecule has 4 heteroatoms. The highest BCUT2D eigenvalue weighted by molar-refractivity contribution is 7.80. The summed E-state index contributed by atoms with van der Waals surface area (Å²) in [6.07, 6.45) is 1.82. The SMILES string of the molecule is CCN(CCC(N)=S)CCC(C)(C)OC. The molecular weight excluding hydrogens is 208 g/mol. The van der Waals surface area contributed by atoms with Gasteiger partial charge in [-0.15, -0.1) is 0 Å². The van der Waals surface area contributed by atoms with Gasteiger partial charge in [-0.3, -0.25) is 0 Å². The Morgan fingerprint density at radius 3 is 2.40 bits per heavy atom. The third-order valence-electron chi connectivity index (χ3n) is 2.70. The van der Waals surface area contributed by atoms with Crippen LogP contribution in [-0.4, -0.2) is 42.2 Å². The number of ether oxygens (including phenoxy) is 1. The normalized spacial score (nSPS) is 12.1. The molecule has 0 rings (SSSR count). The predicted molar refractivity (Wildman–Crippen MR) is 69.2 cm³/mol. The Balaban J connectivity index is 3.84. The Labute approximate surface area is 99.0 Å². The molecule has 0 amide bonds. The minimum atomic E-state index is -0.0450. The quantitative estimate of drug-likeness (QED) is 0.648. The smallest absolute Gasteiger partial charge is 0.0740 e. The molecule has 0 aliphatic heterocycles. The highest BCUT2D eigenvalue weighted by atomic mass is 32.1. The lowest BCUT2D eigenvalue weighted by Crippen LogP contribution is -2.34. The third-order valence-corrected chi connectivity index (χ3v) is 2.91. The second-order valence-corrected chi connectivity index (χ2v) is 4.89. The van der Waals surface area contributed by atoms with Crippen LogP contribution in [0.15, 0.2) is 0 Å². The van der Waals surface area contributed by atoms with Gasteiger partial charge in [0, 0.05) is 26.6 Å². The lowest BCUT2D eigenvalue weighted by molar-refractivity contribution is 0.00797. The van der Waals surface area contributed by atoms with Crippen molar-refractivity contribution >= 4 is 17.2 Å². The molecule has 0 aliphatic carbocycles. The van der Waals surface area contributed by atoms with Gasteiger partial charge in [0.25, 0.3) is 0 Å². The van der Waals surface area contributed by atoms with Gasteiger partial charge >= 0.3 is 0 Å². The van der Waals surface area contributed by atoms with Crippen molar-refractivity contribution in [3.05, 3.63) is 0 Å². The summed E-state index contributed by atoms with van der Waals surface area (Å²) in [5.74, 6) is 0. The number of nitrogens with zero attached hydrogens (tertiary/aromatic N) is 1. The molecule has 0 spiro atoms. The predicted octanol–water partition coefficient (Wildman–Crippen LogP) is 1.80. The van der Waals surface area contributed by atoms with E-state index in [4.69, 9.17) is 22.7 Å². The number of nitrogens with two attached hydrogens (primary N) is 1. The second-order valence-electron chi connectivity index (χ2n) is 4.36. The average Bonchev–Trinajstić information content (AvgIpc) is 2.18. The van der Waals surface area contributed by atoms with Crippen molar-refractivity contribution in [3.8, 4) is 0 Å². The fraction of sp³-hybridized carbons (Fsp3) is 0.909. The zero-order chi connectivity index (χ0) is 11.9. The number of methoxy groups -OCH3 is 1. The number of rotatable bonds is 8. The number of thiocarbonyl (C=S) groups is 1. The average molecular weight is 232 g/mol. The summed E-state index contributed by atoms with van der Waals surface area (Å²) >= 11 is 4.87. The lowest BCUT2D eigenvalue weighted by atomic mass is 10.1. The Hall–Kier alpha value is -0.190. The van der Waals surface area contributed by atoms with Crippen LogP contribution in [0, 0.1) is 0 Å². The van der Waals surface area contributed by atoms with E-state index < -0.39 is 0 Å². The highest BCUT2D eigenvalue weighted by Gasteiger charge is 2.17. The Bertz CT molecular complexity index is 195. The Kier molecular flexibility index (Phi) is 7.05. The van der Waals surface area contributed by atoms with Gasteiger partial charge in [0.1, 0.15) is 0 Å². The molecule has 2 N–H and O–H groups in total. The fourth-order valence-corrected chi connectivity index (χ4v) is 1.32. The van der Waals surface area contributed by atoms with Crippen LogP contribution in [0.1, 0.15) is 33.6 Å². The van der Waals surface area contributed by atoms with Gasteiger partial charge in [-0.1, -0.05) is 19.1 Å². The van der Waals surface area contributed by atoms with Gasteiger partial charge in [-0.05, 0) is 26.8 Å². The summed E-state index contributed by atoms with van der Waals surface area (Å²) in [5.41, 5.74) is 5.44. The monoisotopic (exact) mass is 232 g/mol. The van der Waals surface area contributed by atoms with E-state index in [1.54, 1.807) is 7.11 Å². The summed E-state index contributed by atoms with van der Waals surface area (Å²) in [6.45, 7) is 9.37. The minimum absolute atomic E-state index is 0.0450. The topological polar surface area (TPSA) is 38.5 Å².